The molecule has 2 atom stereocenters. The lowest BCUT2D eigenvalue weighted by Gasteiger charge is -2.24. The van der Waals surface area contributed by atoms with Crippen molar-refractivity contribution in [1.82, 2.24) is 0 Å². The van der Waals surface area contributed by atoms with Crippen molar-refractivity contribution in [2.45, 2.75) is 38.5 Å². The fourth-order valence-corrected chi connectivity index (χ4v) is 1.85. The Bertz CT molecular complexity index is 473. The van der Waals surface area contributed by atoms with Crippen molar-refractivity contribution in [2.75, 3.05) is 7.11 Å². The number of carbonyl (C=O) groups is 1. The van der Waals surface area contributed by atoms with Crippen LogP contribution in [-0.2, 0) is 11.4 Å². The number of benzene rings is 1. The summed E-state index contributed by atoms with van der Waals surface area (Å²) in [4.78, 5) is 11.0. The van der Waals surface area contributed by atoms with Crippen LogP contribution in [0.3, 0.4) is 0 Å². The molecule has 0 spiro atoms. The lowest BCUT2D eigenvalue weighted by Crippen LogP contribution is -2.47. The predicted molar refractivity (Wildman–Crippen MR) is 73.9 cm³/mol. The highest BCUT2D eigenvalue weighted by Gasteiger charge is 2.31. The number of methoxy groups -OCH3 is 1. The van der Waals surface area contributed by atoms with Crippen LogP contribution in [0.15, 0.2) is 18.2 Å². The van der Waals surface area contributed by atoms with Crippen molar-refractivity contribution in [1.29, 1.82) is 0 Å². The van der Waals surface area contributed by atoms with Gasteiger partial charge in [-0.2, -0.15) is 0 Å². The average Bonchev–Trinajstić information content (AvgIpc) is 2.38. The van der Waals surface area contributed by atoms with E-state index >= 15 is 0 Å². The van der Waals surface area contributed by atoms with Gasteiger partial charge in [-0.1, -0.05) is 6.07 Å². The van der Waals surface area contributed by atoms with Crippen molar-refractivity contribution in [3.63, 3.8) is 0 Å². The van der Waals surface area contributed by atoms with Gasteiger partial charge in [0, 0.05) is 6.42 Å². The number of ether oxygens (including phenoxy) is 2. The Labute approximate surface area is 118 Å². The molecule has 1 aromatic rings. The number of aliphatic hydroxyl groups excluding tert-OH is 1. The van der Waals surface area contributed by atoms with E-state index in [4.69, 9.17) is 25.4 Å². The number of aliphatic carboxylic acids is 1. The van der Waals surface area contributed by atoms with E-state index < -0.39 is 17.6 Å². The first-order chi connectivity index (χ1) is 9.30. The number of carboxylic acid groups (broad SMARTS) is 1. The molecule has 0 radical (unpaired) electrons. The van der Waals surface area contributed by atoms with Crippen LogP contribution in [-0.4, -0.2) is 34.9 Å². The minimum Gasteiger partial charge on any atom is -0.493 e. The van der Waals surface area contributed by atoms with Crippen LogP contribution < -0.4 is 15.2 Å². The predicted octanol–water partition coefficient (Wildman–Crippen LogP) is 1.15. The summed E-state index contributed by atoms with van der Waals surface area (Å²) in [7, 11) is 1.50. The molecule has 6 nitrogen and oxygen atoms in total. The lowest BCUT2D eigenvalue weighted by atomic mass is 9.96. The smallest absolute Gasteiger partial charge is 0.323 e. The van der Waals surface area contributed by atoms with Gasteiger partial charge in [0.1, 0.15) is 5.54 Å². The van der Waals surface area contributed by atoms with E-state index in [-0.39, 0.29) is 13.0 Å². The van der Waals surface area contributed by atoms with Gasteiger partial charge in [-0.15, -0.1) is 0 Å². The second-order valence-electron chi connectivity index (χ2n) is 5.00. The normalized spacial score (nSPS) is 15.2. The number of aliphatic hydroxyl groups is 1. The molecular weight excluding hydrogens is 262 g/mol. The molecule has 0 heterocycles. The number of hydrogen-bond acceptors (Lipinski definition) is 5. The van der Waals surface area contributed by atoms with E-state index in [9.17, 15) is 4.79 Å². The van der Waals surface area contributed by atoms with Gasteiger partial charge >= 0.3 is 5.97 Å². The van der Waals surface area contributed by atoms with Crippen LogP contribution >= 0.6 is 0 Å². The molecule has 112 valence electrons. The molecule has 0 saturated heterocycles. The quantitative estimate of drug-likeness (QED) is 0.693. The van der Waals surface area contributed by atoms with Gasteiger partial charge in [0.05, 0.1) is 19.8 Å². The van der Waals surface area contributed by atoms with Crippen LogP contribution in [0.25, 0.3) is 0 Å². The van der Waals surface area contributed by atoms with E-state index in [1.54, 1.807) is 25.1 Å². The molecule has 0 saturated carbocycles. The Hall–Kier alpha value is -1.79. The zero-order valence-electron chi connectivity index (χ0n) is 11.9. The first-order valence-electron chi connectivity index (χ1n) is 6.27. The van der Waals surface area contributed by atoms with E-state index in [2.05, 4.69) is 0 Å². The highest BCUT2D eigenvalue weighted by atomic mass is 16.5. The largest absolute Gasteiger partial charge is 0.493 e. The molecule has 0 aliphatic heterocycles. The second-order valence-corrected chi connectivity index (χ2v) is 5.00. The van der Waals surface area contributed by atoms with Gasteiger partial charge in [0.2, 0.25) is 0 Å². The third-order valence-corrected chi connectivity index (χ3v) is 2.94. The van der Waals surface area contributed by atoms with Crippen LogP contribution in [0.2, 0.25) is 0 Å². The number of hydrogen-bond donors (Lipinski definition) is 3. The molecule has 0 aliphatic carbocycles. The van der Waals surface area contributed by atoms with Crippen molar-refractivity contribution in [2.24, 2.45) is 5.73 Å². The molecule has 6 heteroatoms. The molecule has 1 aromatic carbocycles. The Morgan fingerprint density at radius 3 is 2.60 bits per heavy atom. The minimum absolute atomic E-state index is 0.0912. The molecule has 2 unspecified atom stereocenters. The summed E-state index contributed by atoms with van der Waals surface area (Å²) in [6.07, 6.45) is -0.234. The van der Waals surface area contributed by atoms with Crippen LogP contribution in [0.5, 0.6) is 11.5 Å². The van der Waals surface area contributed by atoms with Crippen molar-refractivity contribution >= 4 is 5.97 Å². The van der Waals surface area contributed by atoms with Gasteiger partial charge in [0.15, 0.2) is 11.5 Å². The number of carboxylic acids is 1. The molecule has 0 bridgehead atoms. The summed E-state index contributed by atoms with van der Waals surface area (Å²) < 4.78 is 10.9. The number of nitrogens with two attached hydrogens (primary N) is 1. The maximum atomic E-state index is 11.0. The molecular formula is C14H21NO5. The third-order valence-electron chi connectivity index (χ3n) is 2.94. The molecule has 1 rings (SSSR count). The molecule has 0 aromatic heterocycles. The second kappa shape index (κ2) is 6.58. The fraction of sp³-hybridized carbons (Fsp3) is 0.500. The third kappa shape index (κ3) is 4.11. The van der Waals surface area contributed by atoms with Crippen LogP contribution in [0, 0.1) is 0 Å². The summed E-state index contributed by atoms with van der Waals surface area (Å²) in [5.41, 5.74) is 5.04. The maximum Gasteiger partial charge on any atom is 0.323 e. The summed E-state index contributed by atoms with van der Waals surface area (Å²) in [6, 6.07) is 5.06. The molecule has 0 fully saturated rings. The topological polar surface area (TPSA) is 102 Å². The summed E-state index contributed by atoms with van der Waals surface area (Å²) in [5.74, 6) is -0.105. The van der Waals surface area contributed by atoms with Crippen molar-refractivity contribution in [3.8, 4) is 11.5 Å². The first kappa shape index (κ1) is 16.3. The Morgan fingerprint density at radius 2 is 2.10 bits per heavy atom. The van der Waals surface area contributed by atoms with E-state index in [0.29, 0.717) is 17.1 Å². The zero-order valence-corrected chi connectivity index (χ0v) is 11.9. The summed E-state index contributed by atoms with van der Waals surface area (Å²) in [5, 5.41) is 18.1. The standard InChI is InChI=1S/C14H21NO5/c1-9(7-14(2,15)13(17)18)20-11-5-4-10(8-16)6-12(11)19-3/h4-6,9,16H,7-8,15H2,1-3H3,(H,17,18). The van der Waals surface area contributed by atoms with Crippen molar-refractivity contribution in [3.05, 3.63) is 23.8 Å². The first-order valence-corrected chi connectivity index (χ1v) is 6.27. The van der Waals surface area contributed by atoms with Crippen LogP contribution in [0.1, 0.15) is 25.8 Å². The van der Waals surface area contributed by atoms with Gasteiger partial charge in [-0.05, 0) is 31.5 Å². The number of rotatable bonds is 7. The molecule has 4 N–H and O–H groups in total. The summed E-state index contributed by atoms with van der Waals surface area (Å²) >= 11 is 0. The molecule has 0 amide bonds. The Balaban J connectivity index is 2.80. The van der Waals surface area contributed by atoms with Gasteiger partial charge in [-0.3, -0.25) is 4.79 Å². The monoisotopic (exact) mass is 283 g/mol. The van der Waals surface area contributed by atoms with E-state index in [1.165, 1.54) is 14.0 Å². The molecule has 20 heavy (non-hydrogen) atoms. The summed E-state index contributed by atoms with van der Waals surface area (Å²) in [6.45, 7) is 3.10. The van der Waals surface area contributed by atoms with Gasteiger partial charge < -0.3 is 25.4 Å². The van der Waals surface area contributed by atoms with Gasteiger partial charge in [0.25, 0.3) is 0 Å². The fourth-order valence-electron chi connectivity index (χ4n) is 1.85. The van der Waals surface area contributed by atoms with Crippen LogP contribution in [0.4, 0.5) is 0 Å². The lowest BCUT2D eigenvalue weighted by molar-refractivity contribution is -0.143. The highest BCUT2D eigenvalue weighted by molar-refractivity contribution is 5.77. The molecule has 0 aliphatic rings. The van der Waals surface area contributed by atoms with E-state index in [1.807, 2.05) is 0 Å². The SMILES string of the molecule is COc1cc(CO)ccc1OC(C)CC(C)(N)C(=O)O. The highest BCUT2D eigenvalue weighted by Crippen LogP contribution is 2.30. The minimum atomic E-state index is -1.35. The Morgan fingerprint density at radius 1 is 1.45 bits per heavy atom. The van der Waals surface area contributed by atoms with Crippen molar-refractivity contribution < 1.29 is 24.5 Å². The van der Waals surface area contributed by atoms with E-state index in [0.717, 1.165) is 0 Å². The zero-order chi connectivity index (χ0) is 15.3. The Kier molecular flexibility index (Phi) is 5.35. The van der Waals surface area contributed by atoms with Gasteiger partial charge in [-0.25, -0.2) is 0 Å². The average molecular weight is 283 g/mol. The maximum absolute atomic E-state index is 11.0.